The Kier molecular flexibility index (Phi) is 34.8. The molecule has 1 atom stereocenters. The zero-order chi connectivity index (χ0) is 27.8. The van der Waals surface area contributed by atoms with Gasteiger partial charge in [0.1, 0.15) is 6.61 Å². The number of esters is 2. The molecule has 0 radical (unpaired) electrons. The van der Waals surface area contributed by atoms with Crippen LogP contribution in [0.5, 0.6) is 0 Å². The van der Waals surface area contributed by atoms with Gasteiger partial charge in [-0.05, 0) is 19.3 Å². The van der Waals surface area contributed by atoms with E-state index in [1.165, 1.54) is 24.6 Å². The zero-order valence-corrected chi connectivity index (χ0v) is 30.5. The number of phosphoric ester groups is 1. The van der Waals surface area contributed by atoms with Gasteiger partial charge < -0.3 is 28.3 Å². The van der Waals surface area contributed by atoms with Crippen molar-refractivity contribution < 1.29 is 102 Å². The maximum Gasteiger partial charge on any atom is 1.00 e. The van der Waals surface area contributed by atoms with Gasteiger partial charge in [0.25, 0.3) is 0 Å². The van der Waals surface area contributed by atoms with E-state index in [1.54, 1.807) is 6.92 Å². The molecule has 218 valence electrons. The van der Waals surface area contributed by atoms with Gasteiger partial charge in [-0.2, -0.15) is 0 Å². The summed E-state index contributed by atoms with van der Waals surface area (Å²) in [5.74, 6) is -0.103. The summed E-state index contributed by atoms with van der Waals surface area (Å²) in [6, 6.07) is 0. The van der Waals surface area contributed by atoms with Crippen LogP contribution in [0.3, 0.4) is 0 Å². The normalized spacial score (nSPS) is 11.7. The zero-order valence-electron chi connectivity index (χ0n) is 24.7. The molecule has 9 nitrogen and oxygen atoms in total. The maximum atomic E-state index is 12.1. The van der Waals surface area contributed by atoms with Crippen LogP contribution in [-0.2, 0) is 32.9 Å². The van der Waals surface area contributed by atoms with E-state index in [9.17, 15) is 28.7 Å². The number of carbonyl (C=O) groups excluding carboxylic acids is 3. The van der Waals surface area contributed by atoms with Crippen molar-refractivity contribution in [1.29, 1.82) is 0 Å². The predicted octanol–water partition coefficient (Wildman–Crippen LogP) is -0.774. The van der Waals surface area contributed by atoms with Gasteiger partial charge in [0.15, 0.2) is 11.2 Å². The number of unbranched alkanes of at least 4 members (excludes halogenated alkanes) is 13. The molecule has 0 bridgehead atoms. The van der Waals surface area contributed by atoms with Crippen molar-refractivity contribution in [3.05, 3.63) is 0 Å². The van der Waals surface area contributed by atoms with E-state index < -0.39 is 32.5 Å². The van der Waals surface area contributed by atoms with Gasteiger partial charge in [-0.15, -0.1) is 0 Å². The third kappa shape index (κ3) is 35.2. The minimum Gasteiger partial charge on any atom is -0.790 e. The molecular formula is C26H47Na2O9PS. The molecule has 0 saturated heterocycles. The number of phosphoric acid groups is 1. The van der Waals surface area contributed by atoms with Gasteiger partial charge >= 0.3 is 71.1 Å². The largest absolute Gasteiger partial charge is 1.00 e. The smallest absolute Gasteiger partial charge is 0.790 e. The van der Waals surface area contributed by atoms with Gasteiger partial charge in [-0.25, -0.2) is 0 Å². The first-order chi connectivity index (χ1) is 17.6. The first-order valence-electron chi connectivity index (χ1n) is 13.8. The van der Waals surface area contributed by atoms with Crippen LogP contribution in [0, 0.1) is 0 Å². The summed E-state index contributed by atoms with van der Waals surface area (Å²) in [5, 5.41) is 0.176. The number of hydrogen-bond acceptors (Lipinski definition) is 10. The van der Waals surface area contributed by atoms with Crippen molar-refractivity contribution in [2.24, 2.45) is 0 Å². The van der Waals surface area contributed by atoms with Crippen molar-refractivity contribution in [2.45, 2.75) is 129 Å². The molecule has 0 amide bonds. The summed E-state index contributed by atoms with van der Waals surface area (Å²) >= 11 is 1.39. The molecule has 0 rings (SSSR count). The Labute approximate surface area is 284 Å². The van der Waals surface area contributed by atoms with Gasteiger partial charge in [0.05, 0.1) is 14.4 Å². The number of thioether (sulfide) groups is 1. The minimum atomic E-state index is -5.24. The summed E-state index contributed by atoms with van der Waals surface area (Å²) in [4.78, 5) is 56.5. The molecule has 39 heavy (non-hydrogen) atoms. The van der Waals surface area contributed by atoms with Crippen LogP contribution in [0.4, 0.5) is 0 Å². The number of carbonyl (C=O) groups is 3. The summed E-state index contributed by atoms with van der Waals surface area (Å²) in [6.45, 7) is 2.69. The van der Waals surface area contributed by atoms with Crippen molar-refractivity contribution in [2.75, 3.05) is 19.0 Å². The average Bonchev–Trinajstić information content (AvgIpc) is 2.83. The number of hydrogen-bond donors (Lipinski definition) is 0. The molecule has 0 unspecified atom stereocenters. The van der Waals surface area contributed by atoms with Crippen LogP contribution in [0.15, 0.2) is 0 Å². The molecule has 0 N–H and O–H groups in total. The number of rotatable bonds is 25. The SMILES string of the molecule is CCCCCCCCC(=O)O[C@@H](COC(=O)CCCCCCCCCCCSC(C)=O)COP(=O)([O-])[O-].[Na+].[Na+]. The van der Waals surface area contributed by atoms with E-state index in [-0.39, 0.29) is 83.7 Å². The van der Waals surface area contributed by atoms with E-state index >= 15 is 0 Å². The topological polar surface area (TPSA) is 142 Å². The average molecular weight is 613 g/mol. The Morgan fingerprint density at radius 1 is 0.718 bits per heavy atom. The van der Waals surface area contributed by atoms with Gasteiger partial charge in [0, 0.05) is 25.5 Å². The molecule has 13 heteroatoms. The molecule has 0 saturated carbocycles. The summed E-state index contributed by atoms with van der Waals surface area (Å²) < 4.78 is 25.4. The molecule has 0 aliphatic heterocycles. The second-order valence-corrected chi connectivity index (χ2v) is 11.8. The van der Waals surface area contributed by atoms with Crippen molar-refractivity contribution >= 4 is 36.6 Å². The monoisotopic (exact) mass is 612 g/mol. The quantitative estimate of drug-likeness (QED) is 0.0558. The Morgan fingerprint density at radius 3 is 1.67 bits per heavy atom. The van der Waals surface area contributed by atoms with Crippen molar-refractivity contribution in [3.63, 3.8) is 0 Å². The van der Waals surface area contributed by atoms with Crippen LogP contribution in [0.25, 0.3) is 0 Å². The molecule has 0 fully saturated rings. The van der Waals surface area contributed by atoms with E-state index in [2.05, 4.69) is 11.4 Å². The molecule has 0 heterocycles. The fourth-order valence-corrected chi connectivity index (χ4v) is 4.65. The van der Waals surface area contributed by atoms with E-state index in [0.717, 1.165) is 76.4 Å². The molecule has 0 aromatic rings. The van der Waals surface area contributed by atoms with E-state index in [4.69, 9.17) is 9.47 Å². The summed E-state index contributed by atoms with van der Waals surface area (Å²) in [6.07, 6.45) is 14.7. The molecule has 0 spiro atoms. The second kappa shape index (κ2) is 30.5. The molecule has 0 aliphatic carbocycles. The van der Waals surface area contributed by atoms with E-state index in [0.29, 0.717) is 12.8 Å². The Balaban J connectivity index is -0.00000648. The third-order valence-electron chi connectivity index (χ3n) is 5.71. The third-order valence-corrected chi connectivity index (χ3v) is 7.08. The summed E-state index contributed by atoms with van der Waals surface area (Å²) in [5.41, 5.74) is 0. The van der Waals surface area contributed by atoms with Gasteiger partial charge in [-0.1, -0.05) is 95.7 Å². The van der Waals surface area contributed by atoms with Crippen molar-refractivity contribution in [3.8, 4) is 0 Å². The molecular weight excluding hydrogens is 565 g/mol. The van der Waals surface area contributed by atoms with Crippen LogP contribution in [-0.4, -0.2) is 42.1 Å². The number of ether oxygens (including phenoxy) is 2. The van der Waals surface area contributed by atoms with Gasteiger partial charge in [-0.3, -0.25) is 14.4 Å². The fraction of sp³-hybridized carbons (Fsp3) is 0.885. The minimum absolute atomic E-state index is 0. The molecule has 0 aromatic carbocycles. The first kappa shape index (κ1) is 44.5. The molecule has 0 aliphatic rings. The van der Waals surface area contributed by atoms with Crippen LogP contribution >= 0.6 is 19.6 Å². The maximum absolute atomic E-state index is 12.1. The summed E-state index contributed by atoms with van der Waals surface area (Å²) in [7, 11) is -5.24. The van der Waals surface area contributed by atoms with Crippen LogP contribution in [0.2, 0.25) is 0 Å². The van der Waals surface area contributed by atoms with Crippen LogP contribution < -0.4 is 68.9 Å². The molecule has 0 aromatic heterocycles. The van der Waals surface area contributed by atoms with E-state index in [1.807, 2.05) is 0 Å². The Hall–Kier alpha value is 1.07. The van der Waals surface area contributed by atoms with Gasteiger partial charge in [0.2, 0.25) is 0 Å². The van der Waals surface area contributed by atoms with Crippen molar-refractivity contribution in [1.82, 2.24) is 0 Å². The second-order valence-electron chi connectivity index (χ2n) is 9.33. The Morgan fingerprint density at radius 2 is 1.18 bits per heavy atom. The predicted molar refractivity (Wildman–Crippen MR) is 142 cm³/mol. The van der Waals surface area contributed by atoms with Crippen LogP contribution in [0.1, 0.15) is 123 Å². The fourth-order valence-electron chi connectivity index (χ4n) is 3.67. The standard InChI is InChI=1S/C26H49O9PS.2Na/c1-3-4-5-6-12-16-19-26(29)35-24(22-34-36(30,31)32)21-33-25(28)18-15-13-10-8-7-9-11-14-17-20-37-23(2)27;;/h24H,3-22H2,1-2H3,(H2,30,31,32);;/q;2*+1/p-2/t24-;;/m0../s1. The Bertz CT molecular complexity index is 665. The first-order valence-corrected chi connectivity index (χ1v) is 16.2.